The van der Waals surface area contributed by atoms with Crippen molar-refractivity contribution in [2.45, 2.75) is 38.1 Å². The van der Waals surface area contributed by atoms with Crippen LogP contribution in [0.2, 0.25) is 5.02 Å². The summed E-state index contributed by atoms with van der Waals surface area (Å²) in [4.78, 5) is 24.5. The lowest BCUT2D eigenvalue weighted by Crippen LogP contribution is -2.36. The van der Waals surface area contributed by atoms with Gasteiger partial charge in [0.1, 0.15) is 0 Å². The molecule has 3 amide bonds. The molecule has 0 saturated heterocycles. The number of amides is 3. The Balaban J connectivity index is 1.58. The molecule has 6 heteroatoms. The third-order valence-corrected chi connectivity index (χ3v) is 4.68. The highest BCUT2D eigenvalue weighted by Gasteiger charge is 2.17. The molecule has 0 bridgehead atoms. The van der Waals surface area contributed by atoms with E-state index in [0.29, 0.717) is 22.0 Å². The van der Waals surface area contributed by atoms with Gasteiger partial charge in [0, 0.05) is 28.0 Å². The smallest absolute Gasteiger partial charge is 0.323 e. The maximum Gasteiger partial charge on any atom is 0.323 e. The molecule has 0 atom stereocenters. The van der Waals surface area contributed by atoms with Crippen LogP contribution < -0.4 is 16.0 Å². The van der Waals surface area contributed by atoms with Gasteiger partial charge in [-0.3, -0.25) is 4.79 Å². The van der Waals surface area contributed by atoms with Crippen molar-refractivity contribution in [1.82, 2.24) is 5.32 Å². The Morgan fingerprint density at radius 2 is 1.58 bits per heavy atom. The van der Waals surface area contributed by atoms with Crippen molar-refractivity contribution in [3.63, 3.8) is 0 Å². The van der Waals surface area contributed by atoms with Crippen LogP contribution in [0.15, 0.2) is 48.5 Å². The molecule has 3 N–H and O–H groups in total. The number of urea groups is 1. The van der Waals surface area contributed by atoms with E-state index in [4.69, 9.17) is 11.6 Å². The average molecular weight is 372 g/mol. The van der Waals surface area contributed by atoms with E-state index in [2.05, 4.69) is 16.0 Å². The fraction of sp³-hybridized carbons (Fsp3) is 0.300. The molecule has 0 aromatic heterocycles. The molecule has 136 valence electrons. The van der Waals surface area contributed by atoms with E-state index in [-0.39, 0.29) is 18.0 Å². The van der Waals surface area contributed by atoms with Crippen molar-refractivity contribution in [2.75, 3.05) is 10.6 Å². The summed E-state index contributed by atoms with van der Waals surface area (Å²) in [5.74, 6) is -0.0985. The van der Waals surface area contributed by atoms with Crippen LogP contribution in [0.3, 0.4) is 0 Å². The van der Waals surface area contributed by atoms with Crippen LogP contribution in [0, 0.1) is 0 Å². The van der Waals surface area contributed by atoms with E-state index >= 15 is 0 Å². The summed E-state index contributed by atoms with van der Waals surface area (Å²) in [6, 6.07) is 13.7. The predicted octanol–water partition coefficient (Wildman–Crippen LogP) is 5.05. The summed E-state index contributed by atoms with van der Waals surface area (Å²) in [5.41, 5.74) is 1.74. The maximum atomic E-state index is 12.4. The molecule has 2 aromatic carbocycles. The lowest BCUT2D eigenvalue weighted by Gasteiger charge is -2.22. The zero-order valence-corrected chi connectivity index (χ0v) is 15.2. The number of nitrogens with one attached hydrogen (secondary N) is 3. The van der Waals surface area contributed by atoms with Crippen LogP contribution >= 0.6 is 11.6 Å². The highest BCUT2D eigenvalue weighted by atomic mass is 35.5. The molecule has 2 aromatic rings. The molecule has 0 spiro atoms. The quantitative estimate of drug-likeness (QED) is 0.704. The van der Waals surface area contributed by atoms with Crippen molar-refractivity contribution in [3.05, 3.63) is 59.1 Å². The van der Waals surface area contributed by atoms with Gasteiger partial charge in [-0.1, -0.05) is 36.9 Å². The molecular formula is C20H22ClN3O2. The zero-order chi connectivity index (χ0) is 18.4. The highest BCUT2D eigenvalue weighted by Crippen LogP contribution is 2.19. The molecule has 0 unspecified atom stereocenters. The van der Waals surface area contributed by atoms with Crippen LogP contribution in [0.5, 0.6) is 0 Å². The van der Waals surface area contributed by atoms with Crippen LogP contribution in [0.1, 0.15) is 42.5 Å². The number of carbonyl (C=O) groups excluding carboxylic acids is 2. The number of anilines is 2. The van der Waals surface area contributed by atoms with Gasteiger partial charge in [-0.15, -0.1) is 0 Å². The minimum absolute atomic E-state index is 0.0985. The SMILES string of the molecule is O=C(Nc1ccc(Cl)cc1)Nc1cccc(C(=O)NC2CCCCC2)c1. The second-order valence-electron chi connectivity index (χ2n) is 6.48. The molecule has 1 saturated carbocycles. The number of halogens is 1. The van der Waals surface area contributed by atoms with Crippen molar-refractivity contribution in [3.8, 4) is 0 Å². The van der Waals surface area contributed by atoms with Gasteiger partial charge in [0.2, 0.25) is 0 Å². The summed E-state index contributed by atoms with van der Waals surface area (Å²) < 4.78 is 0. The fourth-order valence-electron chi connectivity index (χ4n) is 3.08. The number of hydrogen-bond donors (Lipinski definition) is 3. The van der Waals surface area contributed by atoms with Crippen LogP contribution in [0.25, 0.3) is 0 Å². The molecule has 26 heavy (non-hydrogen) atoms. The second-order valence-corrected chi connectivity index (χ2v) is 6.91. The Morgan fingerprint density at radius 1 is 0.885 bits per heavy atom. The van der Waals surface area contributed by atoms with E-state index in [1.165, 1.54) is 6.42 Å². The van der Waals surface area contributed by atoms with Gasteiger partial charge in [0.25, 0.3) is 5.91 Å². The highest BCUT2D eigenvalue weighted by molar-refractivity contribution is 6.30. The summed E-state index contributed by atoms with van der Waals surface area (Å²) in [5, 5.41) is 9.15. The molecule has 0 radical (unpaired) electrons. The lowest BCUT2D eigenvalue weighted by atomic mass is 9.95. The first-order valence-corrected chi connectivity index (χ1v) is 9.22. The van der Waals surface area contributed by atoms with Gasteiger partial charge in [0.05, 0.1) is 0 Å². The Bertz CT molecular complexity index is 771. The predicted molar refractivity (Wildman–Crippen MR) is 105 cm³/mol. The van der Waals surface area contributed by atoms with E-state index in [9.17, 15) is 9.59 Å². The van der Waals surface area contributed by atoms with E-state index < -0.39 is 0 Å². The zero-order valence-electron chi connectivity index (χ0n) is 14.4. The van der Waals surface area contributed by atoms with Crippen molar-refractivity contribution < 1.29 is 9.59 Å². The first-order valence-electron chi connectivity index (χ1n) is 8.85. The van der Waals surface area contributed by atoms with E-state index in [0.717, 1.165) is 25.7 Å². The monoisotopic (exact) mass is 371 g/mol. The van der Waals surface area contributed by atoms with Gasteiger partial charge in [-0.25, -0.2) is 4.79 Å². The Morgan fingerprint density at radius 3 is 2.31 bits per heavy atom. The number of hydrogen-bond acceptors (Lipinski definition) is 2. The van der Waals surface area contributed by atoms with Crippen molar-refractivity contribution in [1.29, 1.82) is 0 Å². The van der Waals surface area contributed by atoms with Crippen molar-refractivity contribution in [2.24, 2.45) is 0 Å². The van der Waals surface area contributed by atoms with Crippen LogP contribution in [0.4, 0.5) is 16.2 Å². The fourth-order valence-corrected chi connectivity index (χ4v) is 3.21. The summed E-state index contributed by atoms with van der Waals surface area (Å²) in [6.07, 6.45) is 5.64. The number of rotatable bonds is 4. The van der Waals surface area contributed by atoms with Gasteiger partial charge < -0.3 is 16.0 Å². The molecule has 0 aliphatic heterocycles. The number of benzene rings is 2. The Hall–Kier alpha value is -2.53. The first-order chi connectivity index (χ1) is 12.6. The minimum Gasteiger partial charge on any atom is -0.349 e. The molecule has 1 aliphatic carbocycles. The normalized spacial score (nSPS) is 14.5. The maximum absolute atomic E-state index is 12.4. The van der Waals surface area contributed by atoms with Crippen LogP contribution in [-0.2, 0) is 0 Å². The van der Waals surface area contributed by atoms with Gasteiger partial charge >= 0.3 is 6.03 Å². The number of carbonyl (C=O) groups is 2. The standard InChI is InChI=1S/C20H22ClN3O2/c21-15-9-11-17(12-10-15)23-20(26)24-18-8-4-5-14(13-18)19(25)22-16-6-2-1-3-7-16/h4-5,8-13,16H,1-3,6-7H2,(H,22,25)(H2,23,24,26). The summed E-state index contributed by atoms with van der Waals surface area (Å²) in [6.45, 7) is 0. The van der Waals surface area contributed by atoms with Gasteiger partial charge in [-0.2, -0.15) is 0 Å². The summed E-state index contributed by atoms with van der Waals surface area (Å²) >= 11 is 5.83. The third-order valence-electron chi connectivity index (χ3n) is 4.43. The largest absolute Gasteiger partial charge is 0.349 e. The molecule has 3 rings (SSSR count). The minimum atomic E-state index is -0.378. The lowest BCUT2D eigenvalue weighted by molar-refractivity contribution is 0.0927. The van der Waals surface area contributed by atoms with E-state index in [1.807, 2.05) is 0 Å². The molecule has 1 aliphatic rings. The average Bonchev–Trinajstić information content (AvgIpc) is 2.64. The molecular weight excluding hydrogens is 350 g/mol. The second kappa shape index (κ2) is 8.72. The van der Waals surface area contributed by atoms with E-state index in [1.54, 1.807) is 48.5 Å². The van der Waals surface area contributed by atoms with Gasteiger partial charge in [0.15, 0.2) is 0 Å². The molecule has 1 fully saturated rings. The van der Waals surface area contributed by atoms with Crippen molar-refractivity contribution >= 4 is 34.9 Å². The van der Waals surface area contributed by atoms with Gasteiger partial charge in [-0.05, 0) is 55.3 Å². The summed E-state index contributed by atoms with van der Waals surface area (Å²) in [7, 11) is 0. The third kappa shape index (κ3) is 5.23. The topological polar surface area (TPSA) is 70.2 Å². The Labute approximate surface area is 158 Å². The van der Waals surface area contributed by atoms with Crippen LogP contribution in [-0.4, -0.2) is 18.0 Å². The first kappa shape index (κ1) is 18.3. The Kier molecular flexibility index (Phi) is 6.12. The molecule has 0 heterocycles. The molecule has 5 nitrogen and oxygen atoms in total.